The van der Waals surface area contributed by atoms with Crippen molar-refractivity contribution in [1.29, 1.82) is 0 Å². The maximum Gasteiger partial charge on any atom is 0.408 e. The fraction of sp³-hybridized carbons (Fsp3) is 0.815. The van der Waals surface area contributed by atoms with Crippen molar-refractivity contribution in [3.05, 3.63) is 0 Å². The highest BCUT2D eigenvalue weighted by atomic mass is 19.1. The molecule has 0 spiro atoms. The van der Waals surface area contributed by atoms with Crippen LogP contribution in [-0.4, -0.2) is 78.1 Å². The number of nitrogens with one attached hydrogen (secondary N) is 3. The molecule has 2 heterocycles. The highest BCUT2D eigenvalue weighted by molar-refractivity contribution is 5.95. The molecule has 9 atom stereocenters. The summed E-state index contributed by atoms with van der Waals surface area (Å²) in [4.78, 5) is 66.3. The van der Waals surface area contributed by atoms with Gasteiger partial charge in [-0.25, -0.2) is 9.18 Å². The second kappa shape index (κ2) is 10.2. The molecule has 5 aliphatic rings. The lowest BCUT2D eigenvalue weighted by Gasteiger charge is -2.37. The van der Waals surface area contributed by atoms with E-state index in [-0.39, 0.29) is 42.7 Å². The van der Waals surface area contributed by atoms with Crippen LogP contribution < -0.4 is 21.7 Å². The molecule has 5 amide bonds. The topological polar surface area (TPSA) is 160 Å². The molecule has 5 fully saturated rings. The van der Waals surface area contributed by atoms with Gasteiger partial charge in [-0.3, -0.25) is 19.2 Å². The van der Waals surface area contributed by atoms with Gasteiger partial charge in [0.15, 0.2) is 0 Å². The SMILES string of the molecule is CC(C)(C)[C@H](NC(=O)OC1CC1)C(=O)N1C[C@@H]2[C@H]3C[C@@H]([C@@H]2[C@H]1C(=O)N[C@@H](C[C@@H]1CCNC1=O)C(N)=O)[C@H](F)C3. The maximum absolute atomic E-state index is 14.9. The summed E-state index contributed by atoms with van der Waals surface area (Å²) in [6, 6.07) is -3.10. The quantitative estimate of drug-likeness (QED) is 0.347. The number of fused-ring (bicyclic) bond motifs is 5. The standard InChI is InChI=1S/C27H40FN5O6/c1-27(2,3)21(32-26(38)39-14-4-5-14)25(37)33-11-16-13-8-15(17(28)9-13)19(16)20(33)24(36)31-18(22(29)34)10-12-6-7-30-23(12)35/h12-21H,4-11H2,1-3H3,(H2,29,34)(H,30,35)(H,31,36)(H,32,38)/t12-,13-,15+,16+,17+,18-,19-,20-,21+/m0/s1. The molecule has 0 aromatic rings. The van der Waals surface area contributed by atoms with E-state index >= 15 is 0 Å². The molecule has 0 unspecified atom stereocenters. The number of amides is 5. The summed E-state index contributed by atoms with van der Waals surface area (Å²) in [7, 11) is 0. The number of hydrogen-bond acceptors (Lipinski definition) is 6. The fourth-order valence-corrected chi connectivity index (χ4v) is 7.23. The summed E-state index contributed by atoms with van der Waals surface area (Å²) in [5.41, 5.74) is 4.91. The van der Waals surface area contributed by atoms with Crippen LogP contribution in [0.3, 0.4) is 0 Å². The first-order valence-corrected chi connectivity index (χ1v) is 14.1. The summed E-state index contributed by atoms with van der Waals surface area (Å²) in [5, 5.41) is 8.13. The van der Waals surface area contributed by atoms with Crippen molar-refractivity contribution in [2.45, 2.75) is 89.7 Å². The lowest BCUT2D eigenvalue weighted by molar-refractivity contribution is -0.144. The molecule has 2 aliphatic heterocycles. The number of carbonyl (C=O) groups excluding carboxylic acids is 5. The predicted molar refractivity (Wildman–Crippen MR) is 136 cm³/mol. The second-order valence-electron chi connectivity index (χ2n) is 13.1. The first kappa shape index (κ1) is 27.6. The molecular formula is C27H40FN5O6. The summed E-state index contributed by atoms with van der Waals surface area (Å²) < 4.78 is 20.3. The van der Waals surface area contributed by atoms with Gasteiger partial charge in [0, 0.05) is 19.0 Å². The molecule has 216 valence electrons. The summed E-state index contributed by atoms with van der Waals surface area (Å²) >= 11 is 0. The van der Waals surface area contributed by atoms with Crippen molar-refractivity contribution in [1.82, 2.24) is 20.9 Å². The van der Waals surface area contributed by atoms with E-state index in [1.807, 2.05) is 20.8 Å². The molecule has 12 heteroatoms. The van der Waals surface area contributed by atoms with Crippen LogP contribution >= 0.6 is 0 Å². The van der Waals surface area contributed by atoms with Gasteiger partial charge in [0.05, 0.1) is 0 Å². The number of carbonyl (C=O) groups is 5. The minimum atomic E-state index is -1.10. The van der Waals surface area contributed by atoms with Gasteiger partial charge >= 0.3 is 6.09 Å². The lowest BCUT2D eigenvalue weighted by Crippen LogP contribution is -2.60. The van der Waals surface area contributed by atoms with E-state index in [1.165, 1.54) is 4.90 Å². The molecule has 0 aromatic carbocycles. The second-order valence-corrected chi connectivity index (χ2v) is 13.1. The van der Waals surface area contributed by atoms with Crippen LogP contribution in [0, 0.1) is 35.0 Å². The third kappa shape index (κ3) is 5.43. The van der Waals surface area contributed by atoms with E-state index in [2.05, 4.69) is 16.0 Å². The Balaban J connectivity index is 1.39. The van der Waals surface area contributed by atoms with Crippen LogP contribution in [0.2, 0.25) is 0 Å². The molecule has 3 aliphatic carbocycles. The Hall–Kier alpha value is -2.92. The molecule has 2 saturated heterocycles. The average Bonchev–Trinajstić information content (AvgIpc) is 3.16. The number of primary amides is 1. The molecular weight excluding hydrogens is 509 g/mol. The summed E-state index contributed by atoms with van der Waals surface area (Å²) in [5.74, 6) is -3.18. The van der Waals surface area contributed by atoms with Crippen molar-refractivity contribution in [3.8, 4) is 0 Å². The summed E-state index contributed by atoms with van der Waals surface area (Å²) in [6.45, 7) is 6.21. The predicted octanol–water partition coefficient (Wildman–Crippen LogP) is 0.607. The smallest absolute Gasteiger partial charge is 0.408 e. The van der Waals surface area contributed by atoms with Crippen LogP contribution in [0.25, 0.3) is 0 Å². The first-order chi connectivity index (χ1) is 18.3. The zero-order valence-corrected chi connectivity index (χ0v) is 22.8. The third-order valence-corrected chi connectivity index (χ3v) is 9.34. The zero-order valence-electron chi connectivity index (χ0n) is 22.8. The number of nitrogens with zero attached hydrogens (tertiary/aromatic N) is 1. The van der Waals surface area contributed by atoms with E-state index in [9.17, 15) is 28.4 Å². The maximum atomic E-state index is 14.9. The highest BCUT2D eigenvalue weighted by Gasteiger charge is 2.63. The molecule has 39 heavy (non-hydrogen) atoms. The largest absolute Gasteiger partial charge is 0.446 e. The number of nitrogens with two attached hydrogens (primary N) is 1. The summed E-state index contributed by atoms with van der Waals surface area (Å²) in [6.07, 6.45) is 1.36. The Labute approximate surface area is 227 Å². The molecule has 5 N–H and O–H groups in total. The number of ether oxygens (including phenoxy) is 1. The monoisotopic (exact) mass is 549 g/mol. The van der Waals surface area contributed by atoms with E-state index in [0.717, 1.165) is 12.8 Å². The molecule has 5 rings (SSSR count). The van der Waals surface area contributed by atoms with Gasteiger partial charge in [-0.2, -0.15) is 0 Å². The minimum Gasteiger partial charge on any atom is -0.446 e. The Morgan fingerprint density at radius 1 is 1.13 bits per heavy atom. The Bertz CT molecular complexity index is 1040. The van der Waals surface area contributed by atoms with Gasteiger partial charge in [-0.15, -0.1) is 0 Å². The zero-order chi connectivity index (χ0) is 28.2. The Morgan fingerprint density at radius 2 is 1.85 bits per heavy atom. The number of alkyl halides is 1. The molecule has 0 aromatic heterocycles. The third-order valence-electron chi connectivity index (χ3n) is 9.34. The average molecular weight is 550 g/mol. The van der Waals surface area contributed by atoms with Crippen molar-refractivity contribution >= 4 is 29.7 Å². The van der Waals surface area contributed by atoms with E-state index in [4.69, 9.17) is 10.5 Å². The molecule has 11 nitrogen and oxygen atoms in total. The fourth-order valence-electron chi connectivity index (χ4n) is 7.23. The highest BCUT2D eigenvalue weighted by Crippen LogP contribution is 2.58. The van der Waals surface area contributed by atoms with E-state index < -0.39 is 65.4 Å². The van der Waals surface area contributed by atoms with Crippen molar-refractivity contribution in [3.63, 3.8) is 0 Å². The van der Waals surface area contributed by atoms with Crippen molar-refractivity contribution in [2.24, 2.45) is 40.7 Å². The van der Waals surface area contributed by atoms with Crippen LogP contribution in [0.4, 0.5) is 9.18 Å². The van der Waals surface area contributed by atoms with Crippen LogP contribution in [0.1, 0.15) is 59.3 Å². The van der Waals surface area contributed by atoms with Gasteiger partial charge in [0.25, 0.3) is 0 Å². The Morgan fingerprint density at radius 3 is 2.44 bits per heavy atom. The van der Waals surface area contributed by atoms with Gasteiger partial charge < -0.3 is 31.3 Å². The molecule has 3 saturated carbocycles. The van der Waals surface area contributed by atoms with Gasteiger partial charge in [-0.1, -0.05) is 20.8 Å². The number of halogens is 1. The number of hydrogen-bond donors (Lipinski definition) is 4. The lowest BCUT2D eigenvalue weighted by atomic mass is 9.77. The molecule has 0 radical (unpaired) electrons. The van der Waals surface area contributed by atoms with Crippen LogP contribution in [-0.2, 0) is 23.9 Å². The number of rotatable bonds is 8. The van der Waals surface area contributed by atoms with E-state index in [0.29, 0.717) is 25.8 Å². The van der Waals surface area contributed by atoms with Crippen LogP contribution in [0.15, 0.2) is 0 Å². The van der Waals surface area contributed by atoms with Crippen molar-refractivity contribution in [2.75, 3.05) is 13.1 Å². The Kier molecular flexibility index (Phi) is 7.26. The first-order valence-electron chi connectivity index (χ1n) is 14.1. The van der Waals surface area contributed by atoms with Crippen molar-refractivity contribution < 1.29 is 33.1 Å². The van der Waals surface area contributed by atoms with Gasteiger partial charge in [-0.05, 0) is 67.6 Å². The van der Waals surface area contributed by atoms with Gasteiger partial charge in [0.1, 0.15) is 30.4 Å². The molecule has 2 bridgehead atoms. The van der Waals surface area contributed by atoms with E-state index in [1.54, 1.807) is 0 Å². The van der Waals surface area contributed by atoms with Crippen LogP contribution in [0.5, 0.6) is 0 Å². The number of likely N-dealkylation sites (tertiary alicyclic amines) is 1. The minimum absolute atomic E-state index is 0.0478. The normalized spacial score (nSPS) is 34.7. The van der Waals surface area contributed by atoms with Gasteiger partial charge in [0.2, 0.25) is 23.6 Å². The number of alkyl carbamates (subject to hydrolysis) is 1.